The zero-order valence-electron chi connectivity index (χ0n) is 15.8. The number of nitrogens with one attached hydrogen (secondary N) is 1. The van der Waals surface area contributed by atoms with Gasteiger partial charge in [-0.15, -0.1) is 0 Å². The number of hydrogen-bond acceptors (Lipinski definition) is 4. The fourth-order valence-corrected chi connectivity index (χ4v) is 3.23. The van der Waals surface area contributed by atoms with E-state index in [2.05, 4.69) is 17.1 Å². The Morgan fingerprint density at radius 3 is 2.64 bits per heavy atom. The molecule has 0 atom stereocenters. The predicted molar refractivity (Wildman–Crippen MR) is 100 cm³/mol. The van der Waals surface area contributed by atoms with Crippen molar-refractivity contribution in [2.75, 3.05) is 40.4 Å². The second-order valence-corrected chi connectivity index (χ2v) is 6.94. The summed E-state index contributed by atoms with van der Waals surface area (Å²) in [7, 11) is 3.24. The van der Waals surface area contributed by atoms with Crippen molar-refractivity contribution in [1.82, 2.24) is 10.2 Å². The fourth-order valence-electron chi connectivity index (χ4n) is 3.23. The normalized spacial score (nSPS) is 15.8. The molecular formula is C20H32N2O3. The van der Waals surface area contributed by atoms with Crippen molar-refractivity contribution in [2.45, 2.75) is 39.0 Å². The van der Waals surface area contributed by atoms with Crippen molar-refractivity contribution in [3.05, 3.63) is 23.8 Å². The Bertz CT molecular complexity index is 540. The van der Waals surface area contributed by atoms with Crippen LogP contribution in [0.1, 0.15) is 38.2 Å². The average molecular weight is 348 g/mol. The fraction of sp³-hybridized carbons (Fsp3) is 0.650. The summed E-state index contributed by atoms with van der Waals surface area (Å²) in [4.78, 5) is 14.7. The highest BCUT2D eigenvalue weighted by atomic mass is 16.5. The first-order valence-corrected chi connectivity index (χ1v) is 9.32. The first-order chi connectivity index (χ1) is 12.1. The van der Waals surface area contributed by atoms with Crippen LogP contribution in [0.15, 0.2) is 18.2 Å². The standard InChI is InChI=1S/C20H32N2O3/c1-16-8-12-22(13-9-16)11-5-4-10-21-20(23)15-17-14-18(24-2)6-7-19(17)25-3/h6-7,14,16H,4-5,8-13,15H2,1-3H3,(H,21,23). The molecule has 140 valence electrons. The molecule has 1 heterocycles. The molecule has 0 spiro atoms. The van der Waals surface area contributed by atoms with Gasteiger partial charge in [-0.2, -0.15) is 0 Å². The molecule has 5 nitrogen and oxygen atoms in total. The summed E-state index contributed by atoms with van der Waals surface area (Å²) in [5, 5.41) is 3.01. The van der Waals surface area contributed by atoms with Crippen LogP contribution in [-0.4, -0.2) is 51.2 Å². The van der Waals surface area contributed by atoms with Crippen molar-refractivity contribution in [2.24, 2.45) is 5.92 Å². The maximum Gasteiger partial charge on any atom is 0.224 e. The van der Waals surface area contributed by atoms with E-state index in [1.807, 2.05) is 18.2 Å². The molecule has 1 aliphatic heterocycles. The first-order valence-electron chi connectivity index (χ1n) is 9.32. The molecule has 0 aromatic heterocycles. The molecule has 2 rings (SSSR count). The lowest BCUT2D eigenvalue weighted by molar-refractivity contribution is -0.120. The van der Waals surface area contributed by atoms with Crippen molar-refractivity contribution < 1.29 is 14.3 Å². The summed E-state index contributed by atoms with van der Waals surface area (Å²) >= 11 is 0. The largest absolute Gasteiger partial charge is 0.497 e. The van der Waals surface area contributed by atoms with E-state index >= 15 is 0 Å². The molecule has 1 saturated heterocycles. The van der Waals surface area contributed by atoms with Crippen LogP contribution in [0.5, 0.6) is 11.5 Å². The van der Waals surface area contributed by atoms with Gasteiger partial charge in [-0.05, 0) is 69.4 Å². The molecule has 0 aliphatic carbocycles. The third-order valence-electron chi connectivity index (χ3n) is 4.94. The van der Waals surface area contributed by atoms with Crippen molar-refractivity contribution in [3.8, 4) is 11.5 Å². The van der Waals surface area contributed by atoms with E-state index in [1.165, 1.54) is 25.9 Å². The molecule has 0 bridgehead atoms. The molecule has 5 heteroatoms. The minimum absolute atomic E-state index is 0.0263. The number of piperidine rings is 1. The highest BCUT2D eigenvalue weighted by Crippen LogP contribution is 2.24. The number of nitrogens with zero attached hydrogens (tertiary/aromatic N) is 1. The Balaban J connectivity index is 1.65. The maximum atomic E-state index is 12.2. The third-order valence-corrected chi connectivity index (χ3v) is 4.94. The average Bonchev–Trinajstić information content (AvgIpc) is 2.63. The van der Waals surface area contributed by atoms with Gasteiger partial charge in [0, 0.05) is 12.1 Å². The Morgan fingerprint density at radius 2 is 1.96 bits per heavy atom. The number of hydrogen-bond donors (Lipinski definition) is 1. The number of carbonyl (C=O) groups is 1. The van der Waals surface area contributed by atoms with Crippen molar-refractivity contribution in [3.63, 3.8) is 0 Å². The van der Waals surface area contributed by atoms with E-state index in [0.717, 1.165) is 48.9 Å². The monoisotopic (exact) mass is 348 g/mol. The smallest absolute Gasteiger partial charge is 0.224 e. The second kappa shape index (κ2) is 10.3. The Morgan fingerprint density at radius 1 is 1.20 bits per heavy atom. The number of rotatable bonds is 9. The Kier molecular flexibility index (Phi) is 8.06. The van der Waals surface area contributed by atoms with E-state index in [-0.39, 0.29) is 5.91 Å². The lowest BCUT2D eigenvalue weighted by Gasteiger charge is -2.30. The molecule has 0 saturated carbocycles. The molecule has 1 aromatic rings. The lowest BCUT2D eigenvalue weighted by Crippen LogP contribution is -2.34. The Hall–Kier alpha value is -1.75. The first kappa shape index (κ1) is 19.6. The zero-order chi connectivity index (χ0) is 18.1. The van der Waals surface area contributed by atoms with E-state index in [0.29, 0.717) is 6.42 Å². The summed E-state index contributed by atoms with van der Waals surface area (Å²) in [5.74, 6) is 2.36. The number of likely N-dealkylation sites (tertiary alicyclic amines) is 1. The number of amides is 1. The van der Waals surface area contributed by atoms with Crippen LogP contribution in [0.3, 0.4) is 0 Å². The summed E-state index contributed by atoms with van der Waals surface area (Å²) in [6.45, 7) is 6.66. The second-order valence-electron chi connectivity index (χ2n) is 6.94. The van der Waals surface area contributed by atoms with Crippen molar-refractivity contribution >= 4 is 5.91 Å². The van der Waals surface area contributed by atoms with Crippen LogP contribution >= 0.6 is 0 Å². The highest BCUT2D eigenvalue weighted by Gasteiger charge is 2.15. The molecule has 1 aliphatic rings. The molecule has 1 N–H and O–H groups in total. The van der Waals surface area contributed by atoms with Gasteiger partial charge in [-0.1, -0.05) is 6.92 Å². The van der Waals surface area contributed by atoms with Gasteiger partial charge in [-0.25, -0.2) is 0 Å². The van der Waals surface area contributed by atoms with Crippen LogP contribution in [0, 0.1) is 5.92 Å². The number of ether oxygens (including phenoxy) is 2. The molecule has 0 unspecified atom stereocenters. The van der Waals surface area contributed by atoms with E-state index in [1.54, 1.807) is 14.2 Å². The minimum atomic E-state index is 0.0263. The predicted octanol–water partition coefficient (Wildman–Crippen LogP) is 2.87. The van der Waals surface area contributed by atoms with E-state index in [4.69, 9.17) is 9.47 Å². The SMILES string of the molecule is COc1ccc(OC)c(CC(=O)NCCCCN2CCC(C)CC2)c1. The molecule has 0 radical (unpaired) electrons. The number of unbranched alkanes of at least 4 members (excludes halogenated alkanes) is 1. The van der Waals surface area contributed by atoms with Crippen LogP contribution in [0.2, 0.25) is 0 Å². The van der Waals surface area contributed by atoms with E-state index < -0.39 is 0 Å². The Labute approximate surface area is 151 Å². The van der Waals surface area contributed by atoms with Gasteiger partial charge in [-0.3, -0.25) is 4.79 Å². The van der Waals surface area contributed by atoms with Crippen LogP contribution in [-0.2, 0) is 11.2 Å². The quantitative estimate of drug-likeness (QED) is 0.697. The van der Waals surface area contributed by atoms with E-state index in [9.17, 15) is 4.79 Å². The van der Waals surface area contributed by atoms with Gasteiger partial charge in [0.15, 0.2) is 0 Å². The van der Waals surface area contributed by atoms with Gasteiger partial charge in [0.2, 0.25) is 5.91 Å². The van der Waals surface area contributed by atoms with Gasteiger partial charge in [0.05, 0.1) is 20.6 Å². The van der Waals surface area contributed by atoms with Crippen LogP contribution < -0.4 is 14.8 Å². The van der Waals surface area contributed by atoms with Crippen LogP contribution in [0.4, 0.5) is 0 Å². The van der Waals surface area contributed by atoms with Crippen molar-refractivity contribution in [1.29, 1.82) is 0 Å². The molecule has 1 amide bonds. The highest BCUT2D eigenvalue weighted by molar-refractivity contribution is 5.79. The minimum Gasteiger partial charge on any atom is -0.497 e. The van der Waals surface area contributed by atoms with Gasteiger partial charge in [0.25, 0.3) is 0 Å². The lowest BCUT2D eigenvalue weighted by atomic mass is 9.99. The summed E-state index contributed by atoms with van der Waals surface area (Å²) in [5.41, 5.74) is 0.849. The molecule has 25 heavy (non-hydrogen) atoms. The number of benzene rings is 1. The number of carbonyl (C=O) groups excluding carboxylic acids is 1. The maximum absolute atomic E-state index is 12.2. The van der Waals surface area contributed by atoms with Crippen LogP contribution in [0.25, 0.3) is 0 Å². The summed E-state index contributed by atoms with van der Waals surface area (Å²) in [6.07, 6.45) is 5.10. The zero-order valence-corrected chi connectivity index (χ0v) is 15.8. The molecule has 1 fully saturated rings. The molecular weight excluding hydrogens is 316 g/mol. The van der Waals surface area contributed by atoms with Gasteiger partial charge < -0.3 is 19.7 Å². The van der Waals surface area contributed by atoms with Gasteiger partial charge >= 0.3 is 0 Å². The van der Waals surface area contributed by atoms with Gasteiger partial charge in [0.1, 0.15) is 11.5 Å². The molecule has 1 aromatic carbocycles. The summed E-state index contributed by atoms with van der Waals surface area (Å²) < 4.78 is 10.5. The topological polar surface area (TPSA) is 50.8 Å². The summed E-state index contributed by atoms with van der Waals surface area (Å²) in [6, 6.07) is 5.53. The third kappa shape index (κ3) is 6.58. The number of methoxy groups -OCH3 is 2.